The van der Waals surface area contributed by atoms with Gasteiger partial charge in [-0.3, -0.25) is 0 Å². The molecule has 4 heteroatoms. The minimum absolute atomic E-state index is 0.825. The lowest BCUT2D eigenvalue weighted by atomic mass is 10.1. The van der Waals surface area contributed by atoms with Crippen molar-refractivity contribution < 1.29 is 4.74 Å². The van der Waals surface area contributed by atoms with Crippen molar-refractivity contribution in [3.05, 3.63) is 30.2 Å². The van der Waals surface area contributed by atoms with Crippen molar-refractivity contribution in [1.82, 2.24) is 15.3 Å². The number of methoxy groups -OCH3 is 1. The zero-order valence-corrected chi connectivity index (χ0v) is 9.53. The van der Waals surface area contributed by atoms with Gasteiger partial charge >= 0.3 is 0 Å². The molecular formula is C12H15N3O. The van der Waals surface area contributed by atoms with Crippen LogP contribution in [0.15, 0.2) is 24.5 Å². The highest BCUT2D eigenvalue weighted by Crippen LogP contribution is 2.20. The monoisotopic (exact) mass is 217 g/mol. The second-order valence-electron chi connectivity index (χ2n) is 3.56. The van der Waals surface area contributed by atoms with Gasteiger partial charge in [0, 0.05) is 24.4 Å². The molecule has 1 heterocycles. The van der Waals surface area contributed by atoms with E-state index in [2.05, 4.69) is 15.3 Å². The fourth-order valence-corrected chi connectivity index (χ4v) is 1.66. The van der Waals surface area contributed by atoms with Gasteiger partial charge in [-0.25, -0.2) is 9.97 Å². The largest absolute Gasteiger partial charge is 0.497 e. The molecule has 0 bridgehead atoms. The molecule has 4 nitrogen and oxygen atoms in total. The summed E-state index contributed by atoms with van der Waals surface area (Å²) in [5.41, 5.74) is 2.00. The number of hydrogen-bond donors (Lipinski definition) is 1. The summed E-state index contributed by atoms with van der Waals surface area (Å²) in [6.07, 6.45) is 2.51. The summed E-state index contributed by atoms with van der Waals surface area (Å²) in [6, 6.07) is 5.88. The molecule has 0 radical (unpaired) electrons. The molecule has 0 spiro atoms. The maximum Gasteiger partial charge on any atom is 0.121 e. The average molecular weight is 217 g/mol. The zero-order valence-electron chi connectivity index (χ0n) is 9.53. The first-order valence-corrected chi connectivity index (χ1v) is 5.27. The van der Waals surface area contributed by atoms with E-state index in [1.807, 2.05) is 25.2 Å². The Labute approximate surface area is 94.7 Å². The standard InChI is InChI=1S/C12H15N3O/c1-13-6-5-11-10-4-3-9(16-2)7-12(10)15-8-14-11/h3-4,7-8,13H,5-6H2,1-2H3. The highest BCUT2D eigenvalue weighted by atomic mass is 16.5. The van der Waals surface area contributed by atoms with Gasteiger partial charge in [-0.05, 0) is 19.2 Å². The third-order valence-corrected chi connectivity index (χ3v) is 2.54. The second kappa shape index (κ2) is 4.90. The SMILES string of the molecule is CNCCc1ncnc2cc(OC)ccc12. The summed E-state index contributed by atoms with van der Waals surface area (Å²) < 4.78 is 5.17. The number of fused-ring (bicyclic) bond motifs is 1. The Kier molecular flexibility index (Phi) is 3.31. The summed E-state index contributed by atoms with van der Waals surface area (Å²) in [5, 5.41) is 4.21. The molecule has 0 aliphatic heterocycles. The van der Waals surface area contributed by atoms with E-state index in [0.29, 0.717) is 0 Å². The van der Waals surface area contributed by atoms with Crippen molar-refractivity contribution in [1.29, 1.82) is 0 Å². The van der Waals surface area contributed by atoms with E-state index in [1.165, 1.54) is 0 Å². The van der Waals surface area contributed by atoms with E-state index < -0.39 is 0 Å². The van der Waals surface area contributed by atoms with E-state index in [1.54, 1.807) is 13.4 Å². The zero-order chi connectivity index (χ0) is 11.4. The molecule has 1 aromatic carbocycles. The fraction of sp³-hybridized carbons (Fsp3) is 0.333. The van der Waals surface area contributed by atoms with Crippen LogP contribution in [0, 0.1) is 0 Å². The Morgan fingerprint density at radius 2 is 2.19 bits per heavy atom. The first kappa shape index (κ1) is 10.8. The molecule has 0 fully saturated rings. The van der Waals surface area contributed by atoms with Crippen LogP contribution in [0.2, 0.25) is 0 Å². The normalized spacial score (nSPS) is 10.6. The smallest absolute Gasteiger partial charge is 0.121 e. The van der Waals surface area contributed by atoms with Crippen molar-refractivity contribution in [2.75, 3.05) is 20.7 Å². The van der Waals surface area contributed by atoms with Crippen molar-refractivity contribution >= 4 is 10.9 Å². The van der Waals surface area contributed by atoms with Gasteiger partial charge in [0.25, 0.3) is 0 Å². The van der Waals surface area contributed by atoms with Crippen LogP contribution in [-0.4, -0.2) is 30.7 Å². The third-order valence-electron chi connectivity index (χ3n) is 2.54. The van der Waals surface area contributed by atoms with E-state index in [9.17, 15) is 0 Å². The quantitative estimate of drug-likeness (QED) is 0.841. The van der Waals surface area contributed by atoms with Crippen LogP contribution in [-0.2, 0) is 6.42 Å². The molecule has 2 rings (SSSR count). The Bertz CT molecular complexity index is 485. The number of likely N-dealkylation sites (N-methyl/N-ethyl adjacent to an activating group) is 1. The van der Waals surface area contributed by atoms with Gasteiger partial charge in [-0.15, -0.1) is 0 Å². The molecule has 0 unspecified atom stereocenters. The summed E-state index contributed by atoms with van der Waals surface area (Å²) >= 11 is 0. The van der Waals surface area contributed by atoms with Crippen LogP contribution in [0.5, 0.6) is 5.75 Å². The first-order chi connectivity index (χ1) is 7.85. The van der Waals surface area contributed by atoms with Gasteiger partial charge < -0.3 is 10.1 Å². The molecule has 1 aromatic heterocycles. The predicted molar refractivity (Wildman–Crippen MR) is 63.7 cm³/mol. The Hall–Kier alpha value is -1.68. The first-order valence-electron chi connectivity index (χ1n) is 5.27. The number of benzene rings is 1. The Morgan fingerprint density at radius 1 is 1.31 bits per heavy atom. The fourth-order valence-electron chi connectivity index (χ4n) is 1.66. The summed E-state index contributed by atoms with van der Waals surface area (Å²) in [4.78, 5) is 8.56. The van der Waals surface area contributed by atoms with E-state index >= 15 is 0 Å². The maximum atomic E-state index is 5.17. The molecule has 0 atom stereocenters. The molecule has 0 aliphatic rings. The van der Waals surface area contributed by atoms with E-state index in [4.69, 9.17) is 4.74 Å². The van der Waals surface area contributed by atoms with Gasteiger partial charge in [-0.2, -0.15) is 0 Å². The molecule has 0 saturated heterocycles. The lowest BCUT2D eigenvalue weighted by molar-refractivity contribution is 0.415. The number of rotatable bonds is 4. The van der Waals surface area contributed by atoms with Crippen LogP contribution in [0.1, 0.15) is 5.69 Å². The highest BCUT2D eigenvalue weighted by Gasteiger charge is 2.04. The molecule has 16 heavy (non-hydrogen) atoms. The molecule has 2 aromatic rings. The minimum atomic E-state index is 0.825. The lowest BCUT2D eigenvalue weighted by Crippen LogP contribution is -2.11. The van der Waals surface area contributed by atoms with Crippen molar-refractivity contribution in [2.24, 2.45) is 0 Å². The molecule has 84 valence electrons. The van der Waals surface area contributed by atoms with E-state index in [0.717, 1.165) is 35.3 Å². The summed E-state index contributed by atoms with van der Waals surface area (Å²) in [7, 11) is 3.59. The summed E-state index contributed by atoms with van der Waals surface area (Å²) in [5.74, 6) is 0.825. The number of nitrogens with zero attached hydrogens (tertiary/aromatic N) is 2. The van der Waals surface area contributed by atoms with Crippen molar-refractivity contribution in [2.45, 2.75) is 6.42 Å². The summed E-state index contributed by atoms with van der Waals surface area (Å²) in [6.45, 7) is 0.915. The van der Waals surface area contributed by atoms with Crippen molar-refractivity contribution in [3.63, 3.8) is 0 Å². The molecule has 0 saturated carbocycles. The number of nitrogens with one attached hydrogen (secondary N) is 1. The molecule has 0 aliphatic carbocycles. The van der Waals surface area contributed by atoms with Crippen LogP contribution in [0.3, 0.4) is 0 Å². The number of aromatic nitrogens is 2. The second-order valence-corrected chi connectivity index (χ2v) is 3.56. The van der Waals surface area contributed by atoms with Crippen LogP contribution >= 0.6 is 0 Å². The molecule has 0 amide bonds. The Morgan fingerprint density at radius 3 is 2.94 bits per heavy atom. The van der Waals surface area contributed by atoms with Crippen LogP contribution < -0.4 is 10.1 Å². The molecular weight excluding hydrogens is 202 g/mol. The minimum Gasteiger partial charge on any atom is -0.497 e. The van der Waals surface area contributed by atoms with Gasteiger partial charge in [-0.1, -0.05) is 0 Å². The Balaban J connectivity index is 2.43. The number of ether oxygens (including phenoxy) is 1. The lowest BCUT2D eigenvalue weighted by Gasteiger charge is -2.06. The van der Waals surface area contributed by atoms with Crippen LogP contribution in [0.25, 0.3) is 10.9 Å². The van der Waals surface area contributed by atoms with E-state index in [-0.39, 0.29) is 0 Å². The average Bonchev–Trinajstić information content (AvgIpc) is 2.35. The third kappa shape index (κ3) is 2.12. The van der Waals surface area contributed by atoms with Gasteiger partial charge in [0.2, 0.25) is 0 Å². The predicted octanol–water partition coefficient (Wildman–Crippen LogP) is 1.40. The number of hydrogen-bond acceptors (Lipinski definition) is 4. The highest BCUT2D eigenvalue weighted by molar-refractivity contribution is 5.82. The maximum absolute atomic E-state index is 5.17. The topological polar surface area (TPSA) is 47.0 Å². The van der Waals surface area contributed by atoms with Gasteiger partial charge in [0.15, 0.2) is 0 Å². The van der Waals surface area contributed by atoms with Crippen molar-refractivity contribution in [3.8, 4) is 5.75 Å². The van der Waals surface area contributed by atoms with Gasteiger partial charge in [0.05, 0.1) is 18.3 Å². The van der Waals surface area contributed by atoms with Gasteiger partial charge in [0.1, 0.15) is 12.1 Å². The molecule has 1 N–H and O–H groups in total. The van der Waals surface area contributed by atoms with Crippen LogP contribution in [0.4, 0.5) is 0 Å².